The van der Waals surface area contributed by atoms with Crippen LogP contribution in [0.4, 0.5) is 4.39 Å². The van der Waals surface area contributed by atoms with Gasteiger partial charge in [0.05, 0.1) is 6.10 Å². The largest absolute Gasteiger partial charge is 0.462 e. The van der Waals surface area contributed by atoms with Gasteiger partial charge in [0.15, 0.2) is 6.23 Å². The number of ether oxygens (including phenoxy) is 2. The number of carbonyl (C=O) groups is 2. The molecule has 0 saturated carbocycles. The van der Waals surface area contributed by atoms with Crippen molar-refractivity contribution in [2.45, 2.75) is 70.0 Å². The van der Waals surface area contributed by atoms with Crippen LogP contribution in [0.1, 0.15) is 27.7 Å². The third-order valence-electron chi connectivity index (χ3n) is 5.45. The van der Waals surface area contributed by atoms with Crippen LogP contribution in [0.2, 0.25) is 0 Å². The fourth-order valence-electron chi connectivity index (χ4n) is 3.62. The topological polar surface area (TPSA) is 176 Å². The van der Waals surface area contributed by atoms with Gasteiger partial charge in [-0.25, -0.2) is 8.96 Å². The van der Waals surface area contributed by atoms with Gasteiger partial charge in [-0.05, 0) is 39.8 Å². The highest BCUT2D eigenvalue weighted by atomic mass is 31.2. The van der Waals surface area contributed by atoms with Crippen molar-refractivity contribution in [3.05, 3.63) is 42.6 Å². The molecule has 0 aromatic heterocycles. The van der Waals surface area contributed by atoms with E-state index in [0.717, 1.165) is 24.1 Å². The Morgan fingerprint density at radius 1 is 1.30 bits per heavy atom. The van der Waals surface area contributed by atoms with Crippen molar-refractivity contribution in [2.24, 2.45) is 0 Å². The molecule has 13 nitrogen and oxygen atoms in total. The quantitative estimate of drug-likeness (QED) is 0.203. The summed E-state index contributed by atoms with van der Waals surface area (Å²) in [6.45, 7) is 4.39. The van der Waals surface area contributed by atoms with Gasteiger partial charge in [0.1, 0.15) is 30.1 Å². The van der Waals surface area contributed by atoms with Gasteiger partial charge in [0.2, 0.25) is 12.3 Å². The van der Waals surface area contributed by atoms with Crippen LogP contribution >= 0.6 is 7.75 Å². The van der Waals surface area contributed by atoms with E-state index in [4.69, 9.17) is 18.5 Å². The van der Waals surface area contributed by atoms with Crippen LogP contribution in [0.15, 0.2) is 42.6 Å². The normalized spacial score (nSPS) is 32.1. The first-order valence-corrected chi connectivity index (χ1v) is 12.9. The van der Waals surface area contributed by atoms with E-state index in [1.54, 1.807) is 32.0 Å². The van der Waals surface area contributed by atoms with E-state index in [1.165, 1.54) is 19.1 Å². The summed E-state index contributed by atoms with van der Waals surface area (Å²) in [5.74, 6) is -4.53. The summed E-state index contributed by atoms with van der Waals surface area (Å²) in [4.78, 5) is 24.6. The van der Waals surface area contributed by atoms with Crippen LogP contribution in [-0.2, 0) is 28.2 Å². The van der Waals surface area contributed by atoms with Crippen LogP contribution in [0, 0.1) is 0 Å². The molecule has 1 saturated heterocycles. The number of amides is 1. The molecule has 2 aliphatic rings. The first-order valence-electron chi connectivity index (χ1n) is 11.4. The first kappa shape index (κ1) is 29.0. The minimum atomic E-state index is -4.53. The summed E-state index contributed by atoms with van der Waals surface area (Å²) >= 11 is 0. The van der Waals surface area contributed by atoms with Gasteiger partial charge in [0, 0.05) is 12.3 Å². The SMILES string of the molecule is CC(C)OC(=O)C(C)NP(=O)(OC[C@@]1(F)O[C@@H](N2C=CC(=O)NC2O)[C@](C)(O)[C@@H]1O)Oc1ccccc1. The Morgan fingerprint density at radius 3 is 2.54 bits per heavy atom. The van der Waals surface area contributed by atoms with Gasteiger partial charge in [0.25, 0.3) is 5.85 Å². The molecule has 7 atom stereocenters. The highest BCUT2D eigenvalue weighted by molar-refractivity contribution is 7.52. The van der Waals surface area contributed by atoms with E-state index < -0.39 is 68.5 Å². The van der Waals surface area contributed by atoms with Gasteiger partial charge in [-0.2, -0.15) is 5.09 Å². The zero-order valence-electron chi connectivity index (χ0n) is 20.6. The zero-order chi connectivity index (χ0) is 27.6. The van der Waals surface area contributed by atoms with Crippen LogP contribution in [0.25, 0.3) is 0 Å². The second-order valence-electron chi connectivity index (χ2n) is 9.04. The molecule has 1 fully saturated rings. The van der Waals surface area contributed by atoms with Crippen LogP contribution < -0.4 is 14.9 Å². The Kier molecular flexibility index (Phi) is 8.64. The second kappa shape index (κ2) is 11.0. The van der Waals surface area contributed by atoms with E-state index >= 15 is 4.39 Å². The molecule has 0 aliphatic carbocycles. The Hall–Kier alpha value is -2.58. The molecule has 37 heavy (non-hydrogen) atoms. The maximum atomic E-state index is 15.9. The molecular weight excluding hydrogens is 516 g/mol. The third-order valence-corrected chi connectivity index (χ3v) is 7.07. The highest BCUT2D eigenvalue weighted by Crippen LogP contribution is 2.49. The van der Waals surface area contributed by atoms with E-state index in [1.807, 2.05) is 0 Å². The highest BCUT2D eigenvalue weighted by Gasteiger charge is 2.65. The van der Waals surface area contributed by atoms with Gasteiger partial charge >= 0.3 is 13.7 Å². The average Bonchev–Trinajstić information content (AvgIpc) is 2.98. The fourth-order valence-corrected chi connectivity index (χ4v) is 5.12. The summed E-state index contributed by atoms with van der Waals surface area (Å²) in [7, 11) is -4.53. The standard InChI is InChI=1S/C22H31FN3O10P/c1-13(2)34-17(28)14(3)25-37(32,36-15-8-6-5-7-9-15)33-12-22(23)18(29)21(4,31)19(35-22)26-11-10-16(27)24-20(26)30/h5-11,13-14,18-20,29-31H,12H2,1-4H3,(H,24,27)(H,25,32)/t14?,18-,19+,20?,21+,22+,37?/m0/s1. The Morgan fingerprint density at radius 2 is 1.95 bits per heavy atom. The molecular formula is C22H31FN3O10P. The second-order valence-corrected chi connectivity index (χ2v) is 10.7. The molecule has 0 radical (unpaired) electrons. The van der Waals surface area contributed by atoms with Crippen LogP contribution in [0.5, 0.6) is 5.75 Å². The van der Waals surface area contributed by atoms with Crippen molar-refractivity contribution in [1.29, 1.82) is 0 Å². The molecule has 1 amide bonds. The Bertz CT molecular complexity index is 1060. The molecule has 1 aromatic rings. The lowest BCUT2D eigenvalue weighted by molar-refractivity contribution is -0.226. The number of nitrogens with zero attached hydrogens (tertiary/aromatic N) is 1. The van der Waals surface area contributed by atoms with Gasteiger partial charge in [-0.3, -0.25) is 14.1 Å². The lowest BCUT2D eigenvalue weighted by Gasteiger charge is -2.38. The lowest BCUT2D eigenvalue weighted by atomic mass is 9.95. The number of carbonyl (C=O) groups excluding carboxylic acids is 2. The van der Waals surface area contributed by atoms with Crippen molar-refractivity contribution in [1.82, 2.24) is 15.3 Å². The lowest BCUT2D eigenvalue weighted by Crippen LogP contribution is -2.59. The van der Waals surface area contributed by atoms with Crippen molar-refractivity contribution in [3.8, 4) is 5.75 Å². The Labute approximate surface area is 212 Å². The summed E-state index contributed by atoms with van der Waals surface area (Å²) in [6, 6.07) is 6.50. The van der Waals surface area contributed by atoms with Gasteiger partial charge in [-0.1, -0.05) is 18.2 Å². The van der Waals surface area contributed by atoms with Crippen LogP contribution in [0.3, 0.4) is 0 Å². The van der Waals surface area contributed by atoms with Crippen molar-refractivity contribution < 1.29 is 52.4 Å². The summed E-state index contributed by atoms with van der Waals surface area (Å²) < 4.78 is 50.5. The maximum absolute atomic E-state index is 15.9. The molecule has 206 valence electrons. The number of aliphatic hydroxyl groups is 3. The molecule has 0 spiro atoms. The molecule has 15 heteroatoms. The number of aliphatic hydroxyl groups excluding tert-OH is 2. The van der Waals surface area contributed by atoms with E-state index in [0.29, 0.717) is 0 Å². The van der Waals surface area contributed by atoms with E-state index in [2.05, 4.69) is 10.4 Å². The predicted molar refractivity (Wildman–Crippen MR) is 125 cm³/mol. The molecule has 2 aliphatic heterocycles. The van der Waals surface area contributed by atoms with Crippen molar-refractivity contribution >= 4 is 19.6 Å². The van der Waals surface area contributed by atoms with Crippen molar-refractivity contribution in [3.63, 3.8) is 0 Å². The van der Waals surface area contributed by atoms with Crippen molar-refractivity contribution in [2.75, 3.05) is 6.61 Å². The third kappa shape index (κ3) is 6.65. The van der Waals surface area contributed by atoms with E-state index in [9.17, 15) is 29.5 Å². The average molecular weight is 547 g/mol. The molecule has 2 heterocycles. The summed E-state index contributed by atoms with van der Waals surface area (Å²) in [6.07, 6.45) is -4.09. The number of hydrogen-bond donors (Lipinski definition) is 5. The predicted octanol–water partition coefficient (Wildman–Crippen LogP) is 0.475. The maximum Gasteiger partial charge on any atom is 0.459 e. The molecule has 1 aromatic carbocycles. The zero-order valence-corrected chi connectivity index (χ0v) is 21.5. The summed E-state index contributed by atoms with van der Waals surface area (Å²) in [5.41, 5.74) is -2.34. The number of para-hydroxylation sites is 1. The smallest absolute Gasteiger partial charge is 0.459 e. The minimum Gasteiger partial charge on any atom is -0.462 e. The van der Waals surface area contributed by atoms with E-state index in [-0.39, 0.29) is 5.75 Å². The molecule has 0 bridgehead atoms. The molecule has 3 rings (SSSR count). The number of esters is 1. The summed E-state index contributed by atoms with van der Waals surface area (Å²) in [5, 5.41) is 36.0. The van der Waals surface area contributed by atoms with Gasteiger partial charge in [-0.15, -0.1) is 0 Å². The van der Waals surface area contributed by atoms with Gasteiger partial charge < -0.3 is 39.5 Å². The Balaban J connectivity index is 1.81. The minimum absolute atomic E-state index is 0.0609. The fraction of sp³-hybridized carbons (Fsp3) is 0.545. The number of rotatable bonds is 10. The number of alkyl halides is 1. The number of nitrogens with one attached hydrogen (secondary N) is 2. The number of benzene rings is 1. The molecule has 5 N–H and O–H groups in total. The number of hydrogen-bond acceptors (Lipinski definition) is 11. The monoisotopic (exact) mass is 547 g/mol. The molecule has 3 unspecified atom stereocenters. The van der Waals surface area contributed by atoms with Crippen LogP contribution in [-0.4, -0.2) is 81.0 Å². The number of halogens is 1. The first-order chi connectivity index (χ1) is 17.2.